The number of alkyl halides is 3. The number of nitrogens with zero attached hydrogens (tertiary/aromatic N) is 1. The molecule has 174 valence electrons. The average Bonchev–Trinajstić information content (AvgIpc) is 2.74. The molecule has 0 unspecified atom stereocenters. The number of hydrogen-bond acceptors (Lipinski definition) is 7. The third-order valence-electron chi connectivity index (χ3n) is 5.45. The van der Waals surface area contributed by atoms with Crippen LogP contribution < -0.4 is 9.47 Å². The number of esters is 1. The molecule has 0 aromatic heterocycles. The highest BCUT2D eigenvalue weighted by Gasteiger charge is 2.55. The second-order valence-corrected chi connectivity index (χ2v) is 9.59. The van der Waals surface area contributed by atoms with Crippen LogP contribution >= 0.6 is 0 Å². The number of carbonyl (C=O) groups excluding carboxylic acids is 1. The number of benzene rings is 1. The van der Waals surface area contributed by atoms with Crippen molar-refractivity contribution >= 4 is 16.0 Å². The molecule has 0 spiro atoms. The molecule has 2 aliphatic heterocycles. The summed E-state index contributed by atoms with van der Waals surface area (Å²) >= 11 is 0. The first-order chi connectivity index (χ1) is 14.6. The van der Waals surface area contributed by atoms with Gasteiger partial charge in [0, 0.05) is 39.1 Å². The Morgan fingerprint density at radius 3 is 2.16 bits per heavy atom. The van der Waals surface area contributed by atoms with Crippen molar-refractivity contribution in [3.8, 4) is 11.5 Å². The van der Waals surface area contributed by atoms with Crippen LogP contribution in [-0.2, 0) is 24.3 Å². The summed E-state index contributed by atoms with van der Waals surface area (Å²) < 4.78 is 82.6. The monoisotopic (exact) mass is 467 g/mol. The zero-order chi connectivity index (χ0) is 22.7. The minimum atomic E-state index is -4.77. The number of piperidine rings is 1. The van der Waals surface area contributed by atoms with Crippen LogP contribution in [0.25, 0.3) is 0 Å². The Hall–Kier alpha value is -2.05. The van der Waals surface area contributed by atoms with Crippen molar-refractivity contribution in [2.45, 2.75) is 42.9 Å². The molecule has 2 aliphatic rings. The van der Waals surface area contributed by atoms with Crippen LogP contribution in [0.3, 0.4) is 0 Å². The van der Waals surface area contributed by atoms with Gasteiger partial charge in [0.15, 0.2) is 4.75 Å². The van der Waals surface area contributed by atoms with Gasteiger partial charge >= 0.3 is 12.3 Å². The third kappa shape index (κ3) is 5.24. The van der Waals surface area contributed by atoms with E-state index in [1.807, 2.05) is 0 Å². The van der Waals surface area contributed by atoms with Crippen LogP contribution in [-0.4, -0.2) is 69.3 Å². The first-order valence-corrected chi connectivity index (χ1v) is 11.2. The summed E-state index contributed by atoms with van der Waals surface area (Å²) in [5.74, 6) is -0.785. The molecule has 0 radical (unpaired) electrons. The average molecular weight is 467 g/mol. The maximum absolute atomic E-state index is 13.3. The van der Waals surface area contributed by atoms with Crippen LogP contribution in [0.2, 0.25) is 0 Å². The molecule has 2 fully saturated rings. The predicted octanol–water partition coefficient (Wildman–Crippen LogP) is 2.48. The number of methoxy groups -OCH3 is 1. The standard InChI is InChI=1S/C19H24F3NO7S/c1-27-17(24)18(8-12-28-13-9-18)31(25,26)23-10-6-15(7-11-23)29-14-2-4-16(5-3-14)30-19(20,21)22/h2-5,15H,6-13H2,1H3. The van der Waals surface area contributed by atoms with Gasteiger partial charge in [-0.2, -0.15) is 0 Å². The van der Waals surface area contributed by atoms with Crippen molar-refractivity contribution in [3.05, 3.63) is 24.3 Å². The molecule has 12 heteroatoms. The van der Waals surface area contributed by atoms with E-state index < -0.39 is 27.1 Å². The van der Waals surface area contributed by atoms with E-state index in [1.165, 1.54) is 23.5 Å². The zero-order valence-electron chi connectivity index (χ0n) is 16.9. The summed E-state index contributed by atoms with van der Waals surface area (Å²) in [7, 11) is -2.81. The Balaban J connectivity index is 1.61. The molecule has 2 saturated heterocycles. The highest BCUT2D eigenvalue weighted by molar-refractivity contribution is 7.91. The number of ether oxygens (including phenoxy) is 4. The van der Waals surface area contributed by atoms with Crippen molar-refractivity contribution in [1.82, 2.24) is 4.31 Å². The van der Waals surface area contributed by atoms with E-state index in [0.717, 1.165) is 12.1 Å². The molecular formula is C19H24F3NO7S. The van der Waals surface area contributed by atoms with E-state index in [9.17, 15) is 26.4 Å². The molecule has 0 atom stereocenters. The Morgan fingerprint density at radius 2 is 1.65 bits per heavy atom. The smallest absolute Gasteiger partial charge is 0.490 e. The van der Waals surface area contributed by atoms with Crippen molar-refractivity contribution in [2.75, 3.05) is 33.4 Å². The highest BCUT2D eigenvalue weighted by Crippen LogP contribution is 2.35. The van der Waals surface area contributed by atoms with Crippen LogP contribution in [0.15, 0.2) is 24.3 Å². The fraction of sp³-hybridized carbons (Fsp3) is 0.632. The Kier molecular flexibility index (Phi) is 7.01. The van der Waals surface area contributed by atoms with Gasteiger partial charge in [0.25, 0.3) is 0 Å². The second kappa shape index (κ2) is 9.21. The molecule has 2 heterocycles. The van der Waals surface area contributed by atoms with Crippen molar-refractivity contribution in [2.24, 2.45) is 0 Å². The molecule has 0 saturated carbocycles. The fourth-order valence-electron chi connectivity index (χ4n) is 3.80. The van der Waals surface area contributed by atoms with Gasteiger partial charge in [0.2, 0.25) is 10.0 Å². The fourth-order valence-corrected chi connectivity index (χ4v) is 5.97. The molecule has 8 nitrogen and oxygen atoms in total. The van der Waals surface area contributed by atoms with Gasteiger partial charge < -0.3 is 18.9 Å². The summed E-state index contributed by atoms with van der Waals surface area (Å²) in [5.41, 5.74) is 0. The van der Waals surface area contributed by atoms with Gasteiger partial charge in [-0.3, -0.25) is 4.79 Å². The summed E-state index contributed by atoms with van der Waals surface area (Å²) in [6.45, 7) is 0.619. The number of carbonyl (C=O) groups is 1. The van der Waals surface area contributed by atoms with Crippen LogP contribution in [0, 0.1) is 0 Å². The van der Waals surface area contributed by atoms with Gasteiger partial charge in [-0.1, -0.05) is 0 Å². The van der Waals surface area contributed by atoms with Crippen molar-refractivity contribution in [3.63, 3.8) is 0 Å². The second-order valence-electron chi connectivity index (χ2n) is 7.34. The van der Waals surface area contributed by atoms with Gasteiger partial charge in [-0.05, 0) is 37.1 Å². The van der Waals surface area contributed by atoms with Crippen molar-refractivity contribution in [1.29, 1.82) is 0 Å². The largest absolute Gasteiger partial charge is 0.573 e. The molecule has 0 amide bonds. The first-order valence-electron chi connectivity index (χ1n) is 9.76. The lowest BCUT2D eigenvalue weighted by Crippen LogP contribution is -2.58. The number of halogens is 3. The maximum atomic E-state index is 13.3. The predicted molar refractivity (Wildman–Crippen MR) is 102 cm³/mol. The maximum Gasteiger partial charge on any atom is 0.573 e. The Labute approximate surface area is 178 Å². The van der Waals surface area contributed by atoms with E-state index in [4.69, 9.17) is 14.2 Å². The third-order valence-corrected chi connectivity index (χ3v) is 8.06. The normalized spacial score (nSPS) is 20.8. The quantitative estimate of drug-likeness (QED) is 0.594. The van der Waals surface area contributed by atoms with E-state index in [-0.39, 0.29) is 51.0 Å². The van der Waals surface area contributed by atoms with Crippen molar-refractivity contribution < 1.29 is 45.3 Å². The molecule has 0 bridgehead atoms. The minimum Gasteiger partial charge on any atom is -0.490 e. The van der Waals surface area contributed by atoms with E-state index in [1.54, 1.807) is 0 Å². The summed E-state index contributed by atoms with van der Waals surface area (Å²) in [6.07, 6.45) is -4.28. The molecular weight excluding hydrogens is 443 g/mol. The number of sulfonamides is 1. The molecule has 3 rings (SSSR count). The molecule has 0 N–H and O–H groups in total. The van der Waals surface area contributed by atoms with E-state index in [0.29, 0.717) is 18.6 Å². The molecule has 1 aromatic carbocycles. The van der Waals surface area contributed by atoms with Gasteiger partial charge in [-0.25, -0.2) is 12.7 Å². The Bertz CT molecular complexity index is 859. The number of rotatable bonds is 6. The topological polar surface area (TPSA) is 91.4 Å². The van der Waals surface area contributed by atoms with E-state index in [2.05, 4.69) is 4.74 Å². The lowest BCUT2D eigenvalue weighted by molar-refractivity contribution is -0.274. The zero-order valence-corrected chi connectivity index (χ0v) is 17.7. The lowest BCUT2D eigenvalue weighted by atomic mass is 9.99. The van der Waals surface area contributed by atoms with Crippen LogP contribution in [0.4, 0.5) is 13.2 Å². The van der Waals surface area contributed by atoms with Crippen LogP contribution in [0.5, 0.6) is 11.5 Å². The molecule has 0 aliphatic carbocycles. The molecule has 31 heavy (non-hydrogen) atoms. The van der Waals surface area contributed by atoms with Crippen LogP contribution in [0.1, 0.15) is 25.7 Å². The Morgan fingerprint density at radius 1 is 1.10 bits per heavy atom. The molecule has 1 aromatic rings. The van der Waals surface area contributed by atoms with E-state index >= 15 is 0 Å². The summed E-state index contributed by atoms with van der Waals surface area (Å²) in [4.78, 5) is 12.4. The minimum absolute atomic E-state index is 0.0325. The lowest BCUT2D eigenvalue weighted by Gasteiger charge is -2.40. The summed E-state index contributed by atoms with van der Waals surface area (Å²) in [5, 5.41) is 0. The summed E-state index contributed by atoms with van der Waals surface area (Å²) in [6, 6.07) is 5.01. The van der Waals surface area contributed by atoms with Gasteiger partial charge in [0.1, 0.15) is 17.6 Å². The first kappa shape index (κ1) is 23.6. The highest BCUT2D eigenvalue weighted by atomic mass is 32.2. The number of hydrogen-bond donors (Lipinski definition) is 0. The van der Waals surface area contributed by atoms with Gasteiger partial charge in [0.05, 0.1) is 7.11 Å². The SMILES string of the molecule is COC(=O)C1(S(=O)(=O)N2CCC(Oc3ccc(OC(F)(F)F)cc3)CC2)CCOCC1. The van der Waals surface area contributed by atoms with Gasteiger partial charge in [-0.15, -0.1) is 13.2 Å².